The molecule has 17 heavy (non-hydrogen) atoms. The molecule has 1 aromatic rings. The van der Waals surface area contributed by atoms with E-state index in [1.807, 2.05) is 13.8 Å². The molecule has 0 aliphatic heterocycles. The molecule has 1 rings (SSSR count). The molecule has 4 heteroatoms. The number of hydrogen-bond donors (Lipinski definition) is 0. The quantitative estimate of drug-likeness (QED) is 0.522. The second-order valence-electron chi connectivity index (χ2n) is 3.93. The Hall–Kier alpha value is -0.500. The Balaban J connectivity index is 2.89. The summed E-state index contributed by atoms with van der Waals surface area (Å²) in [5.41, 5.74) is 4.47. The summed E-state index contributed by atoms with van der Waals surface area (Å²) < 4.78 is -1.37. The van der Waals surface area contributed by atoms with Gasteiger partial charge < -0.3 is 0 Å². The molecule has 0 aromatic heterocycles. The summed E-state index contributed by atoms with van der Waals surface area (Å²) in [5.74, 6) is 0. The predicted octanol–water partition coefficient (Wildman–Crippen LogP) is 5.24. The van der Waals surface area contributed by atoms with Gasteiger partial charge in [0.15, 0.2) is 0 Å². The van der Waals surface area contributed by atoms with Crippen LogP contribution in [0, 0.1) is 20.8 Å². The molecule has 0 unspecified atom stereocenters. The lowest BCUT2D eigenvalue weighted by Crippen LogP contribution is -1.93. The number of aryl methyl sites for hydroxylation is 3. The SMILES string of the molecule is Cc1cc(C)c(N=C/C=C\C(Cl)(Cl)Cl)c(C)c1. The zero-order valence-electron chi connectivity index (χ0n) is 9.97. The maximum Gasteiger partial charge on any atom is 0.209 e. The minimum atomic E-state index is -1.37. The zero-order chi connectivity index (χ0) is 13.1. The third kappa shape index (κ3) is 5.12. The number of aliphatic imine (C=N–C) groups is 1. The first-order valence-corrected chi connectivity index (χ1v) is 6.29. The van der Waals surface area contributed by atoms with E-state index < -0.39 is 3.79 Å². The molecule has 0 bridgehead atoms. The maximum absolute atomic E-state index is 5.58. The summed E-state index contributed by atoms with van der Waals surface area (Å²) in [4.78, 5) is 4.36. The van der Waals surface area contributed by atoms with Crippen molar-refractivity contribution in [1.82, 2.24) is 0 Å². The van der Waals surface area contributed by atoms with Gasteiger partial charge in [-0.15, -0.1) is 0 Å². The topological polar surface area (TPSA) is 12.4 Å². The van der Waals surface area contributed by atoms with Crippen molar-refractivity contribution in [3.05, 3.63) is 41.0 Å². The summed E-state index contributed by atoms with van der Waals surface area (Å²) in [6.07, 6.45) is 4.72. The predicted molar refractivity (Wildman–Crippen MR) is 78.2 cm³/mol. The molecule has 0 radical (unpaired) electrons. The van der Waals surface area contributed by atoms with Crippen molar-refractivity contribution in [2.24, 2.45) is 4.99 Å². The van der Waals surface area contributed by atoms with Gasteiger partial charge in [-0.05, 0) is 44.1 Å². The van der Waals surface area contributed by atoms with Gasteiger partial charge in [0.2, 0.25) is 3.79 Å². The van der Waals surface area contributed by atoms with Crippen LogP contribution in [0.1, 0.15) is 16.7 Å². The summed E-state index contributed by atoms with van der Waals surface area (Å²) in [6, 6.07) is 4.19. The van der Waals surface area contributed by atoms with E-state index in [0.29, 0.717) is 0 Å². The molecule has 0 atom stereocenters. The van der Waals surface area contributed by atoms with Gasteiger partial charge in [0.05, 0.1) is 5.69 Å². The first-order chi connectivity index (χ1) is 7.79. The monoisotopic (exact) mass is 289 g/mol. The average Bonchev–Trinajstić information content (AvgIpc) is 2.13. The maximum atomic E-state index is 5.58. The lowest BCUT2D eigenvalue weighted by molar-refractivity contribution is 1.29. The molecule has 0 N–H and O–H groups in total. The smallest absolute Gasteiger partial charge is 0.209 e. The highest BCUT2D eigenvalue weighted by atomic mass is 35.6. The van der Waals surface area contributed by atoms with Crippen LogP contribution >= 0.6 is 34.8 Å². The third-order valence-electron chi connectivity index (χ3n) is 2.21. The van der Waals surface area contributed by atoms with Crippen LogP contribution < -0.4 is 0 Å². The highest BCUT2D eigenvalue weighted by Crippen LogP contribution is 2.27. The molecule has 0 heterocycles. The van der Waals surface area contributed by atoms with Crippen molar-refractivity contribution < 1.29 is 0 Å². The summed E-state index contributed by atoms with van der Waals surface area (Å²) in [7, 11) is 0. The summed E-state index contributed by atoms with van der Waals surface area (Å²) >= 11 is 16.7. The number of alkyl halides is 3. The van der Waals surface area contributed by atoms with Crippen LogP contribution in [0.3, 0.4) is 0 Å². The van der Waals surface area contributed by atoms with Crippen LogP contribution in [-0.4, -0.2) is 10.0 Å². The van der Waals surface area contributed by atoms with E-state index in [9.17, 15) is 0 Å². The Morgan fingerprint density at radius 2 is 1.59 bits per heavy atom. The van der Waals surface area contributed by atoms with Crippen molar-refractivity contribution in [2.75, 3.05) is 0 Å². The van der Waals surface area contributed by atoms with Crippen molar-refractivity contribution in [3.63, 3.8) is 0 Å². The van der Waals surface area contributed by atoms with Crippen molar-refractivity contribution in [1.29, 1.82) is 0 Å². The second kappa shape index (κ2) is 5.90. The molecular weight excluding hydrogens is 277 g/mol. The number of nitrogens with zero attached hydrogens (tertiary/aromatic N) is 1. The van der Waals surface area contributed by atoms with Gasteiger partial charge in [0.25, 0.3) is 0 Å². The van der Waals surface area contributed by atoms with Crippen LogP contribution in [0.2, 0.25) is 0 Å². The van der Waals surface area contributed by atoms with Gasteiger partial charge in [-0.1, -0.05) is 52.5 Å². The third-order valence-corrected chi connectivity index (χ3v) is 2.59. The molecule has 92 valence electrons. The fourth-order valence-corrected chi connectivity index (χ4v) is 1.86. The molecule has 1 nitrogen and oxygen atoms in total. The van der Waals surface area contributed by atoms with Gasteiger partial charge in [0, 0.05) is 6.21 Å². The van der Waals surface area contributed by atoms with Gasteiger partial charge in [-0.2, -0.15) is 0 Å². The Morgan fingerprint density at radius 1 is 1.06 bits per heavy atom. The Morgan fingerprint density at radius 3 is 2.06 bits per heavy atom. The van der Waals surface area contributed by atoms with E-state index in [1.54, 1.807) is 12.3 Å². The fourth-order valence-electron chi connectivity index (χ4n) is 1.65. The zero-order valence-corrected chi connectivity index (χ0v) is 12.2. The van der Waals surface area contributed by atoms with Crippen LogP contribution in [-0.2, 0) is 0 Å². The number of rotatable bonds is 2. The second-order valence-corrected chi connectivity index (χ2v) is 6.30. The number of benzene rings is 1. The van der Waals surface area contributed by atoms with E-state index in [4.69, 9.17) is 34.8 Å². The van der Waals surface area contributed by atoms with Crippen molar-refractivity contribution in [2.45, 2.75) is 24.6 Å². The van der Waals surface area contributed by atoms with Crippen LogP contribution in [0.5, 0.6) is 0 Å². The number of allylic oxidation sites excluding steroid dienone is 2. The summed E-state index contributed by atoms with van der Waals surface area (Å²) in [6.45, 7) is 6.13. The molecule has 0 amide bonds. The Bertz CT molecular complexity index is 433. The molecule has 0 saturated carbocycles. The van der Waals surface area contributed by atoms with Crippen LogP contribution in [0.4, 0.5) is 5.69 Å². The molecule has 0 saturated heterocycles. The first kappa shape index (κ1) is 14.6. The van der Waals surface area contributed by atoms with Gasteiger partial charge in [-0.3, -0.25) is 4.99 Å². The van der Waals surface area contributed by atoms with E-state index in [2.05, 4.69) is 24.0 Å². The molecule has 0 spiro atoms. The Labute approximate surface area is 117 Å². The minimum Gasteiger partial charge on any atom is -0.256 e. The van der Waals surface area contributed by atoms with Crippen LogP contribution in [0.15, 0.2) is 29.3 Å². The van der Waals surface area contributed by atoms with E-state index in [-0.39, 0.29) is 0 Å². The van der Waals surface area contributed by atoms with Crippen LogP contribution in [0.25, 0.3) is 0 Å². The van der Waals surface area contributed by atoms with E-state index >= 15 is 0 Å². The van der Waals surface area contributed by atoms with Gasteiger partial charge in [0.1, 0.15) is 0 Å². The minimum absolute atomic E-state index is 0.963. The number of halogens is 3. The lowest BCUT2D eigenvalue weighted by atomic mass is 10.1. The summed E-state index contributed by atoms with van der Waals surface area (Å²) in [5, 5.41) is 0. The first-order valence-electron chi connectivity index (χ1n) is 5.16. The molecule has 0 aliphatic rings. The highest BCUT2D eigenvalue weighted by Gasteiger charge is 2.12. The fraction of sp³-hybridized carbons (Fsp3) is 0.308. The number of hydrogen-bond acceptors (Lipinski definition) is 1. The van der Waals surface area contributed by atoms with Crippen molar-refractivity contribution in [3.8, 4) is 0 Å². The lowest BCUT2D eigenvalue weighted by Gasteiger charge is -2.05. The van der Waals surface area contributed by atoms with E-state index in [0.717, 1.165) is 16.8 Å². The average molecular weight is 291 g/mol. The molecular formula is C13H14Cl3N. The molecule has 0 aliphatic carbocycles. The van der Waals surface area contributed by atoms with E-state index in [1.165, 1.54) is 11.6 Å². The van der Waals surface area contributed by atoms with Gasteiger partial charge in [-0.25, -0.2) is 0 Å². The largest absolute Gasteiger partial charge is 0.256 e. The van der Waals surface area contributed by atoms with Crippen molar-refractivity contribution >= 4 is 46.7 Å². The highest BCUT2D eigenvalue weighted by molar-refractivity contribution is 6.69. The molecule has 0 fully saturated rings. The normalized spacial score (nSPS) is 12.8. The van der Waals surface area contributed by atoms with Gasteiger partial charge >= 0.3 is 0 Å². The molecule has 1 aromatic carbocycles. The standard InChI is InChI=1S/C13H14Cl3N/c1-9-7-10(2)12(11(3)8-9)17-6-4-5-13(14,15)16/h4-8H,1-3H3/b5-4-,17-6?. The Kier molecular flexibility index (Phi) is 5.05.